The molecule has 2 aromatic rings. The molecule has 2 aromatic carbocycles. The Balaban J connectivity index is 1.17. The molecule has 1 fully saturated rings. The molecule has 1 atom stereocenters. The van der Waals surface area contributed by atoms with Crippen molar-refractivity contribution in [2.75, 3.05) is 26.2 Å². The number of rotatable bonds is 7. The van der Waals surface area contributed by atoms with E-state index < -0.39 is 6.10 Å². The molecule has 0 bridgehead atoms. The number of benzene rings is 2. The Morgan fingerprint density at radius 1 is 1.22 bits per heavy atom. The van der Waals surface area contributed by atoms with Crippen LogP contribution in [0, 0.1) is 12.7 Å². The van der Waals surface area contributed by atoms with Gasteiger partial charge in [0.05, 0.1) is 6.54 Å². The first-order chi connectivity index (χ1) is 15.4. The molecule has 4 rings (SSSR count). The van der Waals surface area contributed by atoms with Crippen molar-refractivity contribution < 1.29 is 23.5 Å². The van der Waals surface area contributed by atoms with Gasteiger partial charge in [-0.3, -0.25) is 14.5 Å². The zero-order valence-corrected chi connectivity index (χ0v) is 18.7. The van der Waals surface area contributed by atoms with Crippen LogP contribution in [0.1, 0.15) is 24.0 Å². The summed E-state index contributed by atoms with van der Waals surface area (Å²) >= 11 is 6.01. The Morgan fingerprint density at radius 2 is 2.00 bits per heavy atom. The molecule has 0 aliphatic carbocycles. The summed E-state index contributed by atoms with van der Waals surface area (Å²) < 4.78 is 24.7. The van der Waals surface area contributed by atoms with E-state index in [1.165, 1.54) is 6.07 Å². The molecule has 8 heteroatoms. The van der Waals surface area contributed by atoms with Crippen molar-refractivity contribution in [3.8, 4) is 11.5 Å². The van der Waals surface area contributed by atoms with Crippen molar-refractivity contribution in [3.05, 3.63) is 58.4 Å². The quantitative estimate of drug-likeness (QED) is 0.686. The summed E-state index contributed by atoms with van der Waals surface area (Å²) in [6.07, 6.45) is 1.50. The molecular weight excluding hydrogens is 435 g/mol. The fraction of sp³-hybridized carbons (Fsp3) is 0.417. The number of nitrogens with zero attached hydrogens (tertiary/aromatic N) is 1. The number of hydrogen-bond acceptors (Lipinski definition) is 5. The van der Waals surface area contributed by atoms with Crippen molar-refractivity contribution in [1.82, 2.24) is 10.2 Å². The number of piperidine rings is 1. The maximum atomic E-state index is 13.6. The van der Waals surface area contributed by atoms with Gasteiger partial charge in [-0.05, 0) is 55.2 Å². The Morgan fingerprint density at radius 3 is 2.75 bits per heavy atom. The minimum Gasteiger partial charge on any atom is -0.486 e. The van der Waals surface area contributed by atoms with Gasteiger partial charge in [-0.25, -0.2) is 4.39 Å². The summed E-state index contributed by atoms with van der Waals surface area (Å²) in [6, 6.07) is 9.99. The average molecular weight is 461 g/mol. The van der Waals surface area contributed by atoms with E-state index >= 15 is 0 Å². The van der Waals surface area contributed by atoms with E-state index in [4.69, 9.17) is 21.1 Å². The van der Waals surface area contributed by atoms with Crippen molar-refractivity contribution in [1.29, 1.82) is 0 Å². The van der Waals surface area contributed by atoms with Gasteiger partial charge in [0, 0.05) is 36.6 Å². The van der Waals surface area contributed by atoms with Gasteiger partial charge in [-0.15, -0.1) is 0 Å². The summed E-state index contributed by atoms with van der Waals surface area (Å²) in [7, 11) is 0. The van der Waals surface area contributed by atoms with E-state index in [0.717, 1.165) is 18.4 Å². The molecule has 170 valence electrons. The standard InChI is InChI=1S/C24H26ClFN2O4/c1-15-2-4-20(12-21(15)26)31-14-19(29)13-28-8-6-18(7-9-28)27-24(30)23-11-16-10-17(25)3-5-22(16)32-23/h2-5,10,12,18,23H,6-9,11,13-14H2,1H3,(H,27,30). The van der Waals surface area contributed by atoms with Gasteiger partial charge in [-0.2, -0.15) is 0 Å². The molecule has 0 saturated carbocycles. The second-order valence-corrected chi connectivity index (χ2v) is 8.80. The predicted octanol–water partition coefficient (Wildman–Crippen LogP) is 3.32. The number of amides is 1. The molecule has 2 aliphatic rings. The number of halogens is 2. The first kappa shape index (κ1) is 22.6. The van der Waals surface area contributed by atoms with Crippen LogP contribution in [0.5, 0.6) is 11.5 Å². The fourth-order valence-corrected chi connectivity index (χ4v) is 4.21. The topological polar surface area (TPSA) is 67.9 Å². The van der Waals surface area contributed by atoms with Crippen LogP contribution in [0.3, 0.4) is 0 Å². The van der Waals surface area contributed by atoms with Crippen molar-refractivity contribution >= 4 is 23.3 Å². The molecule has 2 heterocycles. The van der Waals surface area contributed by atoms with Crippen molar-refractivity contribution in [2.45, 2.75) is 38.3 Å². The van der Waals surface area contributed by atoms with E-state index in [9.17, 15) is 14.0 Å². The van der Waals surface area contributed by atoms with Gasteiger partial charge in [0.25, 0.3) is 5.91 Å². The summed E-state index contributed by atoms with van der Waals surface area (Å²) in [5.74, 6) is 0.518. The highest BCUT2D eigenvalue weighted by atomic mass is 35.5. The molecule has 1 N–H and O–H groups in total. The first-order valence-electron chi connectivity index (χ1n) is 10.8. The van der Waals surface area contributed by atoms with E-state index in [0.29, 0.717) is 41.6 Å². The van der Waals surface area contributed by atoms with Crippen LogP contribution in [-0.4, -0.2) is 55.0 Å². The molecule has 1 saturated heterocycles. The number of ketones is 1. The number of Topliss-reactive ketones (excluding diaryl/α,β-unsaturated/α-hetero) is 1. The summed E-state index contributed by atoms with van der Waals surface area (Å²) in [5.41, 5.74) is 1.48. The van der Waals surface area contributed by atoms with Crippen LogP contribution < -0.4 is 14.8 Å². The Labute approximate surface area is 191 Å². The van der Waals surface area contributed by atoms with Gasteiger partial charge in [0.1, 0.15) is 23.9 Å². The SMILES string of the molecule is Cc1ccc(OCC(=O)CN2CCC(NC(=O)C3Cc4cc(Cl)ccc4O3)CC2)cc1F. The highest BCUT2D eigenvalue weighted by Gasteiger charge is 2.31. The number of ether oxygens (including phenoxy) is 2. The molecule has 1 amide bonds. The molecule has 0 aromatic heterocycles. The monoisotopic (exact) mass is 460 g/mol. The van der Waals surface area contributed by atoms with Crippen LogP contribution in [0.2, 0.25) is 5.02 Å². The third-order valence-corrected chi connectivity index (χ3v) is 6.10. The van der Waals surface area contributed by atoms with Crippen LogP contribution in [-0.2, 0) is 16.0 Å². The Hall–Kier alpha value is -2.64. The second-order valence-electron chi connectivity index (χ2n) is 8.36. The molecule has 0 radical (unpaired) electrons. The van der Waals surface area contributed by atoms with Gasteiger partial charge < -0.3 is 14.8 Å². The third kappa shape index (κ3) is 5.58. The predicted molar refractivity (Wildman–Crippen MR) is 119 cm³/mol. The molecule has 0 spiro atoms. The second kappa shape index (κ2) is 9.88. The van der Waals surface area contributed by atoms with E-state index in [-0.39, 0.29) is 36.7 Å². The highest BCUT2D eigenvalue weighted by Crippen LogP contribution is 2.31. The first-order valence-corrected chi connectivity index (χ1v) is 11.1. The van der Waals surface area contributed by atoms with Gasteiger partial charge in [0.15, 0.2) is 11.9 Å². The van der Waals surface area contributed by atoms with Gasteiger partial charge in [0.2, 0.25) is 0 Å². The number of carbonyl (C=O) groups is 2. The number of carbonyl (C=O) groups excluding carboxylic acids is 2. The summed E-state index contributed by atoms with van der Waals surface area (Å²) in [5, 5.41) is 3.70. The summed E-state index contributed by atoms with van der Waals surface area (Å²) in [4.78, 5) is 26.9. The Bertz CT molecular complexity index is 1010. The van der Waals surface area contributed by atoms with E-state index in [2.05, 4.69) is 5.32 Å². The lowest BCUT2D eigenvalue weighted by Gasteiger charge is -2.32. The molecule has 6 nitrogen and oxygen atoms in total. The lowest BCUT2D eigenvalue weighted by molar-refractivity contribution is -0.128. The van der Waals surface area contributed by atoms with Crippen LogP contribution in [0.4, 0.5) is 4.39 Å². The number of likely N-dealkylation sites (tertiary alicyclic amines) is 1. The zero-order valence-electron chi connectivity index (χ0n) is 17.9. The Kier molecular flexibility index (Phi) is 6.96. The number of aryl methyl sites for hydroxylation is 1. The molecule has 32 heavy (non-hydrogen) atoms. The van der Waals surface area contributed by atoms with Crippen molar-refractivity contribution in [2.24, 2.45) is 0 Å². The largest absolute Gasteiger partial charge is 0.486 e. The third-order valence-electron chi connectivity index (χ3n) is 5.87. The fourth-order valence-electron chi connectivity index (χ4n) is 4.02. The van der Waals surface area contributed by atoms with Crippen LogP contribution in [0.15, 0.2) is 36.4 Å². The number of hydrogen-bond donors (Lipinski definition) is 1. The highest BCUT2D eigenvalue weighted by molar-refractivity contribution is 6.30. The lowest BCUT2D eigenvalue weighted by Crippen LogP contribution is -2.49. The maximum Gasteiger partial charge on any atom is 0.261 e. The van der Waals surface area contributed by atoms with Crippen LogP contribution >= 0.6 is 11.6 Å². The lowest BCUT2D eigenvalue weighted by atomic mass is 10.0. The van der Waals surface area contributed by atoms with E-state index in [1.807, 2.05) is 11.0 Å². The van der Waals surface area contributed by atoms with E-state index in [1.54, 1.807) is 31.2 Å². The van der Waals surface area contributed by atoms with Crippen molar-refractivity contribution in [3.63, 3.8) is 0 Å². The van der Waals surface area contributed by atoms with Gasteiger partial charge >= 0.3 is 0 Å². The minimum absolute atomic E-state index is 0.0523. The minimum atomic E-state index is -0.535. The normalized spacial score (nSPS) is 18.7. The average Bonchev–Trinajstić information content (AvgIpc) is 3.19. The number of fused-ring (bicyclic) bond motifs is 1. The summed E-state index contributed by atoms with van der Waals surface area (Å²) in [6.45, 7) is 3.26. The maximum absolute atomic E-state index is 13.6. The smallest absolute Gasteiger partial charge is 0.261 e. The molecule has 1 unspecified atom stereocenters. The van der Waals surface area contributed by atoms with Crippen LogP contribution in [0.25, 0.3) is 0 Å². The molecule has 2 aliphatic heterocycles. The van der Waals surface area contributed by atoms with Gasteiger partial charge in [-0.1, -0.05) is 17.7 Å². The molecular formula is C24H26ClFN2O4. The zero-order chi connectivity index (χ0) is 22.7. The number of nitrogens with one attached hydrogen (secondary N) is 1.